The molecule has 2 rings (SSSR count). The van der Waals surface area contributed by atoms with E-state index in [2.05, 4.69) is 39.4 Å². The van der Waals surface area contributed by atoms with Crippen molar-refractivity contribution in [3.63, 3.8) is 0 Å². The summed E-state index contributed by atoms with van der Waals surface area (Å²) >= 11 is 1.75. The average Bonchev–Trinajstić information content (AvgIpc) is 2.57. The number of anilines is 2. The maximum Gasteiger partial charge on any atom is 0.280 e. The first kappa shape index (κ1) is 19.6. The largest absolute Gasteiger partial charge is 0.368 e. The van der Waals surface area contributed by atoms with E-state index in [0.29, 0.717) is 23.4 Å². The zero-order valence-corrected chi connectivity index (χ0v) is 16.8. The number of halogens is 1. The quantitative estimate of drug-likeness (QED) is 0.229. The van der Waals surface area contributed by atoms with Gasteiger partial charge in [-0.1, -0.05) is 32.6 Å². The normalized spacial score (nSPS) is 13.4. The number of carbonyl (C=O) groups is 1. The molecule has 2 aromatic rings. The molecule has 8 heteroatoms. The Balaban J connectivity index is 2.24. The van der Waals surface area contributed by atoms with E-state index >= 15 is 0 Å². The number of pyridine rings is 1. The van der Waals surface area contributed by atoms with Crippen molar-refractivity contribution in [2.75, 3.05) is 17.6 Å². The fourth-order valence-electron chi connectivity index (χ4n) is 2.76. The number of rotatable bonds is 9. The molecule has 136 valence electrons. The van der Waals surface area contributed by atoms with Crippen LogP contribution in [0.4, 0.5) is 16.6 Å². The number of nitrogens with two attached hydrogens (primary N) is 1. The van der Waals surface area contributed by atoms with Crippen LogP contribution in [0.2, 0.25) is 0 Å². The van der Waals surface area contributed by atoms with Crippen molar-refractivity contribution in [1.82, 2.24) is 20.3 Å². The minimum atomic E-state index is -0.347. The molecule has 0 aliphatic carbocycles. The van der Waals surface area contributed by atoms with Gasteiger partial charge in [0, 0.05) is 35.3 Å². The van der Waals surface area contributed by atoms with Crippen LogP contribution >= 0.6 is 22.6 Å². The van der Waals surface area contributed by atoms with Gasteiger partial charge in [0.15, 0.2) is 5.82 Å². The van der Waals surface area contributed by atoms with E-state index in [4.69, 9.17) is 5.73 Å². The fourth-order valence-corrected chi connectivity index (χ4v) is 2.95. The Labute approximate surface area is 161 Å². The molecule has 0 aliphatic heterocycles. The van der Waals surface area contributed by atoms with E-state index in [1.165, 1.54) is 12.8 Å². The lowest BCUT2D eigenvalue weighted by Gasteiger charge is -2.32. The van der Waals surface area contributed by atoms with Crippen LogP contribution in [0, 0.1) is 0 Å². The number of hydrogen-bond donors (Lipinski definition) is 3. The number of amides is 1. The van der Waals surface area contributed by atoms with Crippen molar-refractivity contribution < 1.29 is 4.79 Å². The summed E-state index contributed by atoms with van der Waals surface area (Å²) in [5, 5.41) is 6.36. The van der Waals surface area contributed by atoms with Crippen LogP contribution in [0.1, 0.15) is 46.0 Å². The zero-order chi connectivity index (χ0) is 18.3. The van der Waals surface area contributed by atoms with Gasteiger partial charge in [0.25, 0.3) is 3.91 Å². The SMILES string of the molecule is CCCCCC[C@](C)(CNC(=O)I)Nc1nc(N)nc2cccnc12. The first-order chi connectivity index (χ1) is 11.9. The molecule has 0 aliphatic rings. The lowest BCUT2D eigenvalue weighted by atomic mass is 9.93. The highest BCUT2D eigenvalue weighted by molar-refractivity contribution is 14.1. The lowest BCUT2D eigenvalue weighted by molar-refractivity contribution is 0.260. The van der Waals surface area contributed by atoms with Crippen LogP contribution in [0.3, 0.4) is 0 Å². The second kappa shape index (κ2) is 9.12. The summed E-state index contributed by atoms with van der Waals surface area (Å²) in [4.78, 5) is 24.3. The predicted octanol–water partition coefficient (Wildman–Crippen LogP) is 3.89. The van der Waals surface area contributed by atoms with E-state index in [1.807, 2.05) is 12.1 Å². The molecule has 7 nitrogen and oxygen atoms in total. The molecule has 0 unspecified atom stereocenters. The van der Waals surface area contributed by atoms with Crippen molar-refractivity contribution in [2.24, 2.45) is 0 Å². The summed E-state index contributed by atoms with van der Waals surface area (Å²) in [6.45, 7) is 4.77. The summed E-state index contributed by atoms with van der Waals surface area (Å²) in [7, 11) is 0. The van der Waals surface area contributed by atoms with Gasteiger partial charge in [-0.2, -0.15) is 4.98 Å². The van der Waals surface area contributed by atoms with Gasteiger partial charge in [-0.3, -0.25) is 9.78 Å². The standard InChI is InChI=1S/C17H25IN6O/c1-3-4-5-6-9-17(2,11-21-15(18)25)24-14-13-12(8-7-10-20-13)22-16(19)23-14/h7-8,10H,3-6,9,11H2,1-2H3,(H,21,25)(H3,19,22,23,24)/t17-/m1/s1. The Bertz CT molecular complexity index is 725. The molecule has 4 N–H and O–H groups in total. The molecule has 25 heavy (non-hydrogen) atoms. The van der Waals surface area contributed by atoms with Gasteiger partial charge >= 0.3 is 0 Å². The molecule has 0 fully saturated rings. The number of nitrogen functional groups attached to an aromatic ring is 1. The number of carbonyl (C=O) groups excluding carboxylic acids is 1. The van der Waals surface area contributed by atoms with Crippen LogP contribution in [0.5, 0.6) is 0 Å². The second-order valence-corrected chi connectivity index (χ2v) is 7.40. The van der Waals surface area contributed by atoms with Crippen LogP contribution < -0.4 is 16.4 Å². The van der Waals surface area contributed by atoms with Crippen molar-refractivity contribution in [2.45, 2.75) is 51.5 Å². The van der Waals surface area contributed by atoms with E-state index in [0.717, 1.165) is 19.3 Å². The second-order valence-electron chi connectivity index (χ2n) is 6.43. The Morgan fingerprint density at radius 3 is 2.84 bits per heavy atom. The number of unbranched alkanes of at least 4 members (excludes halogenated alkanes) is 3. The van der Waals surface area contributed by atoms with Crippen LogP contribution in [-0.4, -0.2) is 30.9 Å². The molecule has 1 amide bonds. The van der Waals surface area contributed by atoms with Gasteiger partial charge in [0.1, 0.15) is 5.52 Å². The molecule has 1 atom stereocenters. The van der Waals surface area contributed by atoms with Crippen molar-refractivity contribution in [3.8, 4) is 0 Å². The third kappa shape index (κ3) is 5.94. The van der Waals surface area contributed by atoms with Gasteiger partial charge in [0.2, 0.25) is 5.95 Å². The number of hydrogen-bond acceptors (Lipinski definition) is 6. The number of nitrogens with zero attached hydrogens (tertiary/aromatic N) is 3. The van der Waals surface area contributed by atoms with E-state index in [-0.39, 0.29) is 15.4 Å². The Morgan fingerprint density at radius 1 is 1.32 bits per heavy atom. The van der Waals surface area contributed by atoms with E-state index < -0.39 is 0 Å². The fraction of sp³-hybridized carbons (Fsp3) is 0.529. The highest BCUT2D eigenvalue weighted by Gasteiger charge is 2.26. The summed E-state index contributed by atoms with van der Waals surface area (Å²) in [6.07, 6.45) is 7.24. The highest BCUT2D eigenvalue weighted by atomic mass is 127. The molecule has 0 saturated heterocycles. The topological polar surface area (TPSA) is 106 Å². The molecule has 0 bridgehead atoms. The monoisotopic (exact) mass is 456 g/mol. The minimum absolute atomic E-state index is 0.0793. The average molecular weight is 456 g/mol. The number of fused-ring (bicyclic) bond motifs is 1. The molecular formula is C17H25IN6O. The van der Waals surface area contributed by atoms with Crippen molar-refractivity contribution >= 4 is 49.3 Å². The van der Waals surface area contributed by atoms with Gasteiger partial charge in [-0.05, 0) is 25.5 Å². The van der Waals surface area contributed by atoms with Gasteiger partial charge in [0.05, 0.1) is 11.1 Å². The number of nitrogens with one attached hydrogen (secondary N) is 2. The Morgan fingerprint density at radius 2 is 2.12 bits per heavy atom. The van der Waals surface area contributed by atoms with E-state index in [9.17, 15) is 4.79 Å². The van der Waals surface area contributed by atoms with Gasteiger partial charge < -0.3 is 16.4 Å². The minimum Gasteiger partial charge on any atom is -0.368 e. The summed E-state index contributed by atoms with van der Waals surface area (Å²) < 4.78 is -0.0793. The van der Waals surface area contributed by atoms with Gasteiger partial charge in [-0.15, -0.1) is 0 Å². The van der Waals surface area contributed by atoms with E-state index in [1.54, 1.807) is 28.8 Å². The van der Waals surface area contributed by atoms with Crippen molar-refractivity contribution in [3.05, 3.63) is 18.3 Å². The Kier molecular flexibility index (Phi) is 7.15. The zero-order valence-electron chi connectivity index (χ0n) is 14.7. The van der Waals surface area contributed by atoms with Crippen LogP contribution in [-0.2, 0) is 0 Å². The first-order valence-corrected chi connectivity index (χ1v) is 9.61. The smallest absolute Gasteiger partial charge is 0.280 e. The predicted molar refractivity (Wildman–Crippen MR) is 110 cm³/mol. The molecule has 0 saturated carbocycles. The summed E-state index contributed by atoms with van der Waals surface area (Å²) in [5.41, 5.74) is 6.87. The lowest BCUT2D eigenvalue weighted by Crippen LogP contribution is -2.45. The van der Waals surface area contributed by atoms with Crippen molar-refractivity contribution in [1.29, 1.82) is 0 Å². The number of aromatic nitrogens is 3. The molecule has 0 spiro atoms. The van der Waals surface area contributed by atoms with Crippen LogP contribution in [0.15, 0.2) is 18.3 Å². The molecular weight excluding hydrogens is 431 g/mol. The molecule has 2 aromatic heterocycles. The third-order valence-corrected chi connectivity index (χ3v) is 4.47. The summed E-state index contributed by atoms with van der Waals surface area (Å²) in [6, 6.07) is 3.68. The Hall–Kier alpha value is -1.71. The highest BCUT2D eigenvalue weighted by Crippen LogP contribution is 2.25. The maximum absolute atomic E-state index is 11.4. The third-order valence-electron chi connectivity index (χ3n) is 4.09. The summed E-state index contributed by atoms with van der Waals surface area (Å²) in [5.74, 6) is 0.804. The molecule has 2 heterocycles. The maximum atomic E-state index is 11.4. The van der Waals surface area contributed by atoms with Gasteiger partial charge in [-0.25, -0.2) is 4.98 Å². The first-order valence-electron chi connectivity index (χ1n) is 8.53. The molecule has 0 aromatic carbocycles. The molecule has 0 radical (unpaired) electrons. The van der Waals surface area contributed by atoms with Crippen LogP contribution in [0.25, 0.3) is 11.0 Å².